The minimum absolute atomic E-state index is 0.0233. The lowest BCUT2D eigenvalue weighted by Crippen LogP contribution is -2.54. The van der Waals surface area contributed by atoms with Crippen LogP contribution >= 0.6 is 23.2 Å². The van der Waals surface area contributed by atoms with Gasteiger partial charge in [0.1, 0.15) is 12.6 Å². The summed E-state index contributed by atoms with van der Waals surface area (Å²) in [6, 6.07) is 16.7. The Morgan fingerprint density at radius 1 is 0.933 bits per heavy atom. The molecule has 0 unspecified atom stereocenters. The number of nitrogens with zero attached hydrogens (tertiary/aromatic N) is 2. The van der Waals surface area contributed by atoms with Gasteiger partial charge < -0.3 is 19.7 Å². The molecule has 1 aliphatic carbocycles. The molecule has 3 aromatic rings. The molecule has 9 nitrogen and oxygen atoms in total. The highest BCUT2D eigenvalue weighted by Crippen LogP contribution is 2.33. The number of halogens is 2. The van der Waals surface area contributed by atoms with Crippen molar-refractivity contribution in [3.05, 3.63) is 82.3 Å². The third-order valence-corrected chi connectivity index (χ3v) is 10.3. The van der Waals surface area contributed by atoms with E-state index < -0.39 is 28.5 Å². The number of anilines is 1. The fourth-order valence-electron chi connectivity index (χ4n) is 5.52. The highest BCUT2D eigenvalue weighted by molar-refractivity contribution is 7.92. The lowest BCUT2D eigenvalue weighted by molar-refractivity contribution is -0.140. The average molecular weight is 677 g/mol. The van der Waals surface area contributed by atoms with E-state index >= 15 is 0 Å². The monoisotopic (exact) mass is 675 g/mol. The van der Waals surface area contributed by atoms with Gasteiger partial charge in [0.05, 0.1) is 24.8 Å². The number of para-hydroxylation sites is 1. The number of methoxy groups -OCH3 is 2. The van der Waals surface area contributed by atoms with Gasteiger partial charge in [-0.3, -0.25) is 13.9 Å². The van der Waals surface area contributed by atoms with Crippen molar-refractivity contribution in [1.29, 1.82) is 0 Å². The lowest BCUT2D eigenvalue weighted by Gasteiger charge is -2.34. The largest absolute Gasteiger partial charge is 0.493 e. The van der Waals surface area contributed by atoms with E-state index in [1.807, 2.05) is 6.92 Å². The fourth-order valence-corrected chi connectivity index (χ4v) is 7.42. The fraction of sp³-hybridized carbons (Fsp3) is 0.394. The standard InChI is InChI=1S/C33H39Cl2N3O6S/c1-4-29(33(40)36-25-11-7-5-8-12-25)37(21-23-15-16-24(34)19-28(23)35)32(39)22-38(26-13-9-6-10-14-26)45(41,42)27-17-18-30(43-2)31(20-27)44-3/h6,9-10,13-20,25,29H,4-5,7-8,11-12,21-22H2,1-3H3,(H,36,40)/t29-/m1/s1. The molecule has 2 amide bonds. The first-order chi connectivity index (χ1) is 21.6. The maximum Gasteiger partial charge on any atom is 0.264 e. The molecule has 0 aromatic heterocycles. The van der Waals surface area contributed by atoms with Crippen molar-refractivity contribution in [2.24, 2.45) is 0 Å². The zero-order valence-corrected chi connectivity index (χ0v) is 28.0. The highest BCUT2D eigenvalue weighted by atomic mass is 35.5. The van der Waals surface area contributed by atoms with E-state index in [0.29, 0.717) is 27.8 Å². The minimum atomic E-state index is -4.30. The number of benzene rings is 3. The SMILES string of the molecule is CC[C@H](C(=O)NC1CCCCC1)N(Cc1ccc(Cl)cc1Cl)C(=O)CN(c1ccccc1)S(=O)(=O)c1ccc(OC)c(OC)c1. The molecule has 3 aromatic carbocycles. The van der Waals surface area contributed by atoms with E-state index in [1.54, 1.807) is 48.5 Å². The van der Waals surface area contributed by atoms with E-state index in [0.717, 1.165) is 36.4 Å². The number of sulfonamides is 1. The summed E-state index contributed by atoms with van der Waals surface area (Å²) in [5.74, 6) is -0.265. The summed E-state index contributed by atoms with van der Waals surface area (Å²) in [5, 5.41) is 3.90. The van der Waals surface area contributed by atoms with Gasteiger partial charge in [-0.25, -0.2) is 8.42 Å². The number of ether oxygens (including phenoxy) is 2. The quantitative estimate of drug-likeness (QED) is 0.223. The Bertz CT molecular complexity index is 1580. The summed E-state index contributed by atoms with van der Waals surface area (Å²) < 4.78 is 40.0. The van der Waals surface area contributed by atoms with Crippen LogP contribution in [0, 0.1) is 0 Å². The molecule has 1 aliphatic rings. The third-order valence-electron chi connectivity index (χ3n) is 7.96. The van der Waals surface area contributed by atoms with Crippen molar-refractivity contribution < 1.29 is 27.5 Å². The topological polar surface area (TPSA) is 105 Å². The number of carbonyl (C=O) groups is 2. The van der Waals surface area contributed by atoms with E-state index in [4.69, 9.17) is 32.7 Å². The second kappa shape index (κ2) is 15.7. The summed E-state index contributed by atoms with van der Waals surface area (Å²) in [6.07, 6.45) is 5.26. The van der Waals surface area contributed by atoms with Gasteiger partial charge >= 0.3 is 0 Å². The van der Waals surface area contributed by atoms with Crippen molar-refractivity contribution >= 4 is 50.7 Å². The predicted molar refractivity (Wildman–Crippen MR) is 177 cm³/mol. The van der Waals surface area contributed by atoms with Gasteiger partial charge in [0.2, 0.25) is 11.8 Å². The normalized spacial score (nSPS) is 14.3. The molecular weight excluding hydrogens is 637 g/mol. The molecule has 1 N–H and O–H groups in total. The number of nitrogens with one attached hydrogen (secondary N) is 1. The van der Waals surface area contributed by atoms with Crippen LogP contribution in [-0.4, -0.2) is 58.0 Å². The van der Waals surface area contributed by atoms with Crippen molar-refractivity contribution in [1.82, 2.24) is 10.2 Å². The maximum atomic E-state index is 14.3. The van der Waals surface area contributed by atoms with E-state index in [1.165, 1.54) is 37.3 Å². The highest BCUT2D eigenvalue weighted by Gasteiger charge is 2.35. The molecule has 0 saturated heterocycles. The van der Waals surface area contributed by atoms with Gasteiger partial charge in [0.25, 0.3) is 10.0 Å². The molecule has 45 heavy (non-hydrogen) atoms. The lowest BCUT2D eigenvalue weighted by atomic mass is 9.95. The van der Waals surface area contributed by atoms with Crippen LogP contribution in [0.4, 0.5) is 5.69 Å². The number of hydrogen-bond acceptors (Lipinski definition) is 6. The average Bonchev–Trinajstić information content (AvgIpc) is 3.04. The van der Waals surface area contributed by atoms with Crippen molar-refractivity contribution in [2.45, 2.75) is 69.0 Å². The minimum Gasteiger partial charge on any atom is -0.493 e. The molecule has 1 saturated carbocycles. The van der Waals surface area contributed by atoms with Gasteiger partial charge in [0.15, 0.2) is 11.5 Å². The Morgan fingerprint density at radius 3 is 2.24 bits per heavy atom. The van der Waals surface area contributed by atoms with Crippen LogP contribution in [0.2, 0.25) is 10.0 Å². The maximum absolute atomic E-state index is 14.3. The van der Waals surface area contributed by atoms with Crippen LogP contribution in [-0.2, 0) is 26.2 Å². The molecule has 4 rings (SSSR count). The first-order valence-electron chi connectivity index (χ1n) is 14.9. The molecule has 1 fully saturated rings. The van der Waals surface area contributed by atoms with Crippen LogP contribution < -0.4 is 19.1 Å². The smallest absolute Gasteiger partial charge is 0.264 e. The van der Waals surface area contributed by atoms with E-state index in [-0.39, 0.29) is 34.8 Å². The first kappa shape index (κ1) is 34.4. The molecule has 0 radical (unpaired) electrons. The third kappa shape index (κ3) is 8.42. The molecule has 1 atom stereocenters. The van der Waals surface area contributed by atoms with E-state index in [9.17, 15) is 18.0 Å². The number of hydrogen-bond donors (Lipinski definition) is 1. The van der Waals surface area contributed by atoms with Crippen LogP contribution in [0.25, 0.3) is 0 Å². The number of carbonyl (C=O) groups excluding carboxylic acids is 2. The molecule has 0 spiro atoms. The Balaban J connectivity index is 1.73. The predicted octanol–water partition coefficient (Wildman–Crippen LogP) is 6.46. The Morgan fingerprint density at radius 2 is 1.62 bits per heavy atom. The zero-order valence-electron chi connectivity index (χ0n) is 25.7. The Kier molecular flexibility index (Phi) is 12.0. The second-order valence-electron chi connectivity index (χ2n) is 10.9. The molecule has 12 heteroatoms. The van der Waals surface area contributed by atoms with Gasteiger partial charge in [-0.2, -0.15) is 0 Å². The van der Waals surface area contributed by atoms with Gasteiger partial charge in [-0.05, 0) is 61.2 Å². The summed E-state index contributed by atoms with van der Waals surface area (Å²) >= 11 is 12.6. The Hall–Kier alpha value is -3.47. The zero-order chi connectivity index (χ0) is 32.6. The van der Waals surface area contributed by atoms with Gasteiger partial charge in [-0.15, -0.1) is 0 Å². The Labute approximate surface area is 275 Å². The molecule has 0 aliphatic heterocycles. The van der Waals surface area contributed by atoms with E-state index in [2.05, 4.69) is 5.32 Å². The summed E-state index contributed by atoms with van der Waals surface area (Å²) in [5.41, 5.74) is 0.858. The number of amides is 2. The van der Waals surface area contributed by atoms with Crippen molar-refractivity contribution in [2.75, 3.05) is 25.1 Å². The molecule has 242 valence electrons. The molecular formula is C33H39Cl2N3O6S. The first-order valence-corrected chi connectivity index (χ1v) is 17.1. The summed E-state index contributed by atoms with van der Waals surface area (Å²) in [6.45, 7) is 1.23. The molecule has 0 heterocycles. The summed E-state index contributed by atoms with van der Waals surface area (Å²) in [4.78, 5) is 29.4. The van der Waals surface area contributed by atoms with Crippen LogP contribution in [0.3, 0.4) is 0 Å². The molecule has 0 bridgehead atoms. The van der Waals surface area contributed by atoms with Gasteiger partial charge in [-0.1, -0.05) is 73.7 Å². The summed E-state index contributed by atoms with van der Waals surface area (Å²) in [7, 11) is -1.43. The van der Waals surface area contributed by atoms with Crippen LogP contribution in [0.15, 0.2) is 71.6 Å². The van der Waals surface area contributed by atoms with Crippen molar-refractivity contribution in [3.63, 3.8) is 0 Å². The van der Waals surface area contributed by atoms with Gasteiger partial charge in [0, 0.05) is 28.7 Å². The van der Waals surface area contributed by atoms with Crippen LogP contribution in [0.1, 0.15) is 51.0 Å². The van der Waals surface area contributed by atoms with Crippen molar-refractivity contribution in [3.8, 4) is 11.5 Å². The second-order valence-corrected chi connectivity index (χ2v) is 13.6. The van der Waals surface area contributed by atoms with Crippen LogP contribution in [0.5, 0.6) is 11.5 Å². The number of rotatable bonds is 13.